The van der Waals surface area contributed by atoms with Crippen molar-refractivity contribution in [3.8, 4) is 5.75 Å². The number of hydrogen-bond acceptors (Lipinski definition) is 4. The summed E-state index contributed by atoms with van der Waals surface area (Å²) >= 11 is 5.73. The molecule has 0 aliphatic rings. The maximum atomic E-state index is 5.73. The van der Waals surface area contributed by atoms with Crippen molar-refractivity contribution in [2.45, 2.75) is 6.54 Å². The summed E-state index contributed by atoms with van der Waals surface area (Å²) in [4.78, 5) is 8.91. The Labute approximate surface area is 97.3 Å². The fourth-order valence-electron chi connectivity index (χ4n) is 1.04. The molecule has 0 spiro atoms. The maximum Gasteiger partial charge on any atom is 0.158 e. The molecule has 1 aromatic heterocycles. The summed E-state index contributed by atoms with van der Waals surface area (Å²) in [5.74, 6) is 0.638. The minimum absolute atomic E-state index is 0.521. The lowest BCUT2D eigenvalue weighted by molar-refractivity contribution is 0.342. The predicted molar refractivity (Wildman–Crippen MR) is 60.6 cm³/mol. The molecule has 2 rings (SSSR count). The second kappa shape index (κ2) is 5.27. The number of rotatable bonds is 4. The van der Waals surface area contributed by atoms with Gasteiger partial charge in [0.05, 0.1) is 12.8 Å². The molecule has 0 N–H and O–H groups in total. The normalized spacial score (nSPS) is 10.8. The van der Waals surface area contributed by atoms with Gasteiger partial charge in [-0.1, -0.05) is 16.8 Å². The standard InChI is InChI=1S/C10H9ClN4O/c11-9-1-3-10(4-2-9)16-14-5-6-15-8-12-7-13-15/h1-5,7-8H,6H2/b14-5+. The zero-order valence-corrected chi connectivity index (χ0v) is 9.08. The van der Waals surface area contributed by atoms with Gasteiger partial charge < -0.3 is 4.84 Å². The second-order valence-corrected chi connectivity index (χ2v) is 3.39. The van der Waals surface area contributed by atoms with Crippen molar-refractivity contribution in [2.24, 2.45) is 5.16 Å². The molecule has 2 aromatic rings. The highest BCUT2D eigenvalue weighted by atomic mass is 35.5. The molecule has 0 aliphatic heterocycles. The van der Waals surface area contributed by atoms with Crippen molar-refractivity contribution in [1.82, 2.24) is 14.8 Å². The number of halogens is 1. The summed E-state index contributed by atoms with van der Waals surface area (Å²) in [5, 5.41) is 8.37. The van der Waals surface area contributed by atoms with Crippen LogP contribution in [-0.2, 0) is 6.54 Å². The first-order chi connectivity index (χ1) is 7.84. The van der Waals surface area contributed by atoms with Crippen molar-refractivity contribution in [3.63, 3.8) is 0 Å². The summed E-state index contributed by atoms with van der Waals surface area (Å²) in [5.41, 5.74) is 0. The van der Waals surface area contributed by atoms with E-state index in [0.717, 1.165) is 0 Å². The SMILES string of the molecule is Clc1ccc(O/N=C/Cn2cncn2)cc1. The van der Waals surface area contributed by atoms with E-state index >= 15 is 0 Å². The van der Waals surface area contributed by atoms with Gasteiger partial charge in [-0.2, -0.15) is 5.10 Å². The fraction of sp³-hybridized carbons (Fsp3) is 0.100. The molecular weight excluding hydrogens is 228 g/mol. The van der Waals surface area contributed by atoms with Crippen LogP contribution in [0.1, 0.15) is 0 Å². The van der Waals surface area contributed by atoms with Crippen molar-refractivity contribution >= 4 is 17.8 Å². The van der Waals surface area contributed by atoms with E-state index in [2.05, 4.69) is 15.2 Å². The van der Waals surface area contributed by atoms with Crippen LogP contribution >= 0.6 is 11.6 Å². The quantitative estimate of drug-likeness (QED) is 0.603. The molecule has 0 amide bonds. The summed E-state index contributed by atoms with van der Waals surface area (Å²) < 4.78 is 1.63. The van der Waals surface area contributed by atoms with Crippen LogP contribution in [0.2, 0.25) is 5.02 Å². The first-order valence-corrected chi connectivity index (χ1v) is 4.99. The van der Waals surface area contributed by atoms with Crippen molar-refractivity contribution in [2.75, 3.05) is 0 Å². The molecule has 1 aromatic carbocycles. The Morgan fingerprint density at radius 2 is 2.19 bits per heavy atom. The molecule has 0 saturated carbocycles. The Morgan fingerprint density at radius 3 is 2.88 bits per heavy atom. The molecule has 0 unspecified atom stereocenters. The van der Waals surface area contributed by atoms with Crippen LogP contribution in [0.4, 0.5) is 0 Å². The third-order valence-electron chi connectivity index (χ3n) is 1.78. The van der Waals surface area contributed by atoms with Gasteiger partial charge in [-0.05, 0) is 24.3 Å². The summed E-state index contributed by atoms with van der Waals surface area (Å²) in [7, 11) is 0. The molecule has 1 heterocycles. The largest absolute Gasteiger partial charge is 0.357 e. The molecule has 0 atom stereocenters. The van der Waals surface area contributed by atoms with Crippen molar-refractivity contribution in [3.05, 3.63) is 41.9 Å². The summed E-state index contributed by atoms with van der Waals surface area (Å²) in [6, 6.07) is 6.97. The van der Waals surface area contributed by atoms with Gasteiger partial charge in [0.1, 0.15) is 12.7 Å². The van der Waals surface area contributed by atoms with Gasteiger partial charge in [0.2, 0.25) is 0 Å². The van der Waals surface area contributed by atoms with Gasteiger partial charge in [0.25, 0.3) is 0 Å². The van der Waals surface area contributed by atoms with Gasteiger partial charge in [-0.25, -0.2) is 9.67 Å². The van der Waals surface area contributed by atoms with Crippen molar-refractivity contribution in [1.29, 1.82) is 0 Å². The van der Waals surface area contributed by atoms with E-state index in [1.165, 1.54) is 6.33 Å². The number of hydrogen-bond donors (Lipinski definition) is 0. The highest BCUT2D eigenvalue weighted by molar-refractivity contribution is 6.30. The van der Waals surface area contributed by atoms with Gasteiger partial charge in [-0.3, -0.25) is 0 Å². The molecule has 16 heavy (non-hydrogen) atoms. The first-order valence-electron chi connectivity index (χ1n) is 4.61. The lowest BCUT2D eigenvalue weighted by Crippen LogP contribution is -1.99. The highest BCUT2D eigenvalue weighted by Crippen LogP contribution is 2.15. The fourth-order valence-corrected chi connectivity index (χ4v) is 1.16. The van der Waals surface area contributed by atoms with Crippen LogP contribution in [0.3, 0.4) is 0 Å². The molecule has 0 fully saturated rings. The molecule has 5 nitrogen and oxygen atoms in total. The topological polar surface area (TPSA) is 52.3 Å². The predicted octanol–water partition coefficient (Wildman–Crippen LogP) is 2.00. The van der Waals surface area contributed by atoms with Crippen LogP contribution in [0.25, 0.3) is 0 Å². The maximum absolute atomic E-state index is 5.73. The Morgan fingerprint density at radius 1 is 1.38 bits per heavy atom. The molecule has 0 saturated heterocycles. The number of aromatic nitrogens is 3. The number of nitrogens with zero attached hydrogens (tertiary/aromatic N) is 4. The molecule has 82 valence electrons. The number of oxime groups is 1. The summed E-state index contributed by atoms with van der Waals surface area (Å²) in [6.07, 6.45) is 4.67. The molecular formula is C10H9ClN4O. The average Bonchev–Trinajstić information content (AvgIpc) is 2.80. The van der Waals surface area contributed by atoms with Crippen LogP contribution in [0, 0.1) is 0 Å². The van der Waals surface area contributed by atoms with Crippen LogP contribution < -0.4 is 4.84 Å². The average molecular weight is 237 g/mol. The molecule has 0 aliphatic carbocycles. The molecule has 0 radical (unpaired) electrons. The highest BCUT2D eigenvalue weighted by Gasteiger charge is 1.91. The van der Waals surface area contributed by atoms with Gasteiger partial charge >= 0.3 is 0 Å². The van der Waals surface area contributed by atoms with Crippen LogP contribution in [0.5, 0.6) is 5.75 Å². The van der Waals surface area contributed by atoms with Crippen molar-refractivity contribution < 1.29 is 4.84 Å². The Kier molecular flexibility index (Phi) is 3.50. The zero-order chi connectivity index (χ0) is 11.2. The van der Waals surface area contributed by atoms with Gasteiger partial charge in [0, 0.05) is 5.02 Å². The zero-order valence-electron chi connectivity index (χ0n) is 8.32. The van der Waals surface area contributed by atoms with E-state index in [4.69, 9.17) is 16.4 Å². The third-order valence-corrected chi connectivity index (χ3v) is 2.03. The lowest BCUT2D eigenvalue weighted by Gasteiger charge is -1.97. The number of benzene rings is 1. The monoisotopic (exact) mass is 236 g/mol. The van der Waals surface area contributed by atoms with E-state index < -0.39 is 0 Å². The Hall–Kier alpha value is -1.88. The smallest absolute Gasteiger partial charge is 0.158 e. The molecule has 0 bridgehead atoms. The summed E-state index contributed by atoms with van der Waals surface area (Å²) in [6.45, 7) is 0.521. The van der Waals surface area contributed by atoms with E-state index in [0.29, 0.717) is 17.3 Å². The second-order valence-electron chi connectivity index (χ2n) is 2.95. The Bertz CT molecular complexity index is 452. The van der Waals surface area contributed by atoms with Gasteiger partial charge in [-0.15, -0.1) is 0 Å². The Balaban J connectivity index is 1.83. The minimum Gasteiger partial charge on any atom is -0.357 e. The van der Waals surface area contributed by atoms with E-state index in [1.807, 2.05) is 0 Å². The van der Waals surface area contributed by atoms with Crippen LogP contribution in [0.15, 0.2) is 42.1 Å². The van der Waals surface area contributed by atoms with E-state index in [-0.39, 0.29) is 0 Å². The van der Waals surface area contributed by atoms with Gasteiger partial charge in [0.15, 0.2) is 5.75 Å². The third kappa shape index (κ3) is 3.06. The minimum atomic E-state index is 0.521. The van der Waals surface area contributed by atoms with E-state index in [9.17, 15) is 0 Å². The van der Waals surface area contributed by atoms with Crippen LogP contribution in [-0.4, -0.2) is 21.0 Å². The van der Waals surface area contributed by atoms with E-state index in [1.54, 1.807) is 41.5 Å². The first kappa shape index (κ1) is 10.6. The molecule has 6 heteroatoms. The lowest BCUT2D eigenvalue weighted by atomic mass is 10.3.